The molecule has 0 saturated carbocycles. The number of ether oxygens (including phenoxy) is 3. The van der Waals surface area contributed by atoms with Gasteiger partial charge in [0.2, 0.25) is 5.88 Å². The van der Waals surface area contributed by atoms with Crippen LogP contribution in [0, 0.1) is 0 Å². The molecule has 0 aliphatic heterocycles. The van der Waals surface area contributed by atoms with Crippen LogP contribution in [0.4, 0.5) is 0 Å². The Kier molecular flexibility index (Phi) is 7.79. The van der Waals surface area contributed by atoms with Gasteiger partial charge in [-0.2, -0.15) is 0 Å². The van der Waals surface area contributed by atoms with E-state index >= 15 is 0 Å². The molecule has 4 rings (SSSR count). The molecule has 0 atom stereocenters. The van der Waals surface area contributed by atoms with Gasteiger partial charge in [0.25, 0.3) is 5.91 Å². The van der Waals surface area contributed by atoms with E-state index in [0.717, 1.165) is 23.5 Å². The summed E-state index contributed by atoms with van der Waals surface area (Å²) in [6.45, 7) is 3.17. The number of para-hydroxylation sites is 1. The number of rotatable bonds is 11. The Morgan fingerprint density at radius 1 is 0.882 bits per heavy atom. The third kappa shape index (κ3) is 6.16. The Morgan fingerprint density at radius 2 is 1.65 bits per heavy atom. The maximum absolute atomic E-state index is 12.8. The molecule has 0 aliphatic rings. The molecule has 0 unspecified atom stereocenters. The first kappa shape index (κ1) is 22.9. The van der Waals surface area contributed by atoms with Gasteiger partial charge < -0.3 is 23.9 Å². The Bertz CT molecular complexity index is 1190. The second-order valence-corrected chi connectivity index (χ2v) is 7.45. The van der Waals surface area contributed by atoms with Crippen LogP contribution in [0.1, 0.15) is 35.0 Å². The SMILES string of the molecule is CCCOc1ccc(Oc2ncccc2CNC(=O)c2occc2COc2ccccc2)cc1. The minimum absolute atomic E-state index is 0.213. The normalized spacial score (nSPS) is 10.5. The number of pyridine rings is 1. The summed E-state index contributed by atoms with van der Waals surface area (Å²) in [5.74, 6) is 2.41. The number of amides is 1. The summed E-state index contributed by atoms with van der Waals surface area (Å²) in [5.41, 5.74) is 1.39. The lowest BCUT2D eigenvalue weighted by atomic mass is 10.2. The highest BCUT2D eigenvalue weighted by atomic mass is 16.5. The van der Waals surface area contributed by atoms with Crippen molar-refractivity contribution in [3.8, 4) is 23.1 Å². The van der Waals surface area contributed by atoms with Crippen LogP contribution < -0.4 is 19.5 Å². The first-order valence-electron chi connectivity index (χ1n) is 11.1. The Balaban J connectivity index is 1.36. The monoisotopic (exact) mass is 458 g/mol. The highest BCUT2D eigenvalue weighted by molar-refractivity contribution is 5.92. The lowest BCUT2D eigenvalue weighted by Gasteiger charge is -2.11. The van der Waals surface area contributed by atoms with Gasteiger partial charge in [-0.25, -0.2) is 4.98 Å². The molecule has 1 N–H and O–H groups in total. The number of hydrogen-bond acceptors (Lipinski definition) is 6. The van der Waals surface area contributed by atoms with Gasteiger partial charge in [-0.15, -0.1) is 0 Å². The minimum atomic E-state index is -0.344. The smallest absolute Gasteiger partial charge is 0.287 e. The van der Waals surface area contributed by atoms with Crippen LogP contribution >= 0.6 is 0 Å². The Morgan fingerprint density at radius 3 is 2.44 bits per heavy atom. The second kappa shape index (κ2) is 11.6. The van der Waals surface area contributed by atoms with Crippen molar-refractivity contribution in [3.05, 3.63) is 102 Å². The average Bonchev–Trinajstić information content (AvgIpc) is 3.36. The number of nitrogens with zero attached hydrogens (tertiary/aromatic N) is 1. The highest BCUT2D eigenvalue weighted by Crippen LogP contribution is 2.25. The van der Waals surface area contributed by atoms with Crippen molar-refractivity contribution in [2.45, 2.75) is 26.5 Å². The van der Waals surface area contributed by atoms with Crippen LogP contribution in [0.25, 0.3) is 0 Å². The van der Waals surface area contributed by atoms with Crippen LogP contribution in [0.2, 0.25) is 0 Å². The molecule has 2 heterocycles. The lowest BCUT2D eigenvalue weighted by Crippen LogP contribution is -2.24. The van der Waals surface area contributed by atoms with E-state index in [4.69, 9.17) is 18.6 Å². The molecule has 7 nitrogen and oxygen atoms in total. The molecule has 4 aromatic rings. The number of benzene rings is 2. The third-order valence-electron chi connectivity index (χ3n) is 4.89. The first-order chi connectivity index (χ1) is 16.7. The Labute approximate surface area is 198 Å². The summed E-state index contributed by atoms with van der Waals surface area (Å²) < 4.78 is 22.7. The number of carbonyl (C=O) groups is 1. The first-order valence-corrected chi connectivity index (χ1v) is 11.1. The summed E-state index contributed by atoms with van der Waals surface area (Å²) >= 11 is 0. The van der Waals surface area contributed by atoms with Crippen molar-refractivity contribution in [2.24, 2.45) is 0 Å². The summed E-state index contributed by atoms with van der Waals surface area (Å²) in [6, 6.07) is 22.1. The van der Waals surface area contributed by atoms with Crippen molar-refractivity contribution in [2.75, 3.05) is 6.61 Å². The molecule has 7 heteroatoms. The fourth-order valence-electron chi connectivity index (χ4n) is 3.17. The lowest BCUT2D eigenvalue weighted by molar-refractivity contribution is 0.0919. The third-order valence-corrected chi connectivity index (χ3v) is 4.89. The van der Waals surface area contributed by atoms with Crippen LogP contribution in [-0.2, 0) is 13.2 Å². The van der Waals surface area contributed by atoms with E-state index in [9.17, 15) is 4.79 Å². The van der Waals surface area contributed by atoms with E-state index in [-0.39, 0.29) is 24.8 Å². The van der Waals surface area contributed by atoms with Gasteiger partial charge in [-0.3, -0.25) is 4.79 Å². The molecule has 2 aromatic heterocycles. The van der Waals surface area contributed by atoms with E-state index in [0.29, 0.717) is 23.8 Å². The van der Waals surface area contributed by atoms with Crippen LogP contribution in [0.15, 0.2) is 89.7 Å². The van der Waals surface area contributed by atoms with Gasteiger partial charge >= 0.3 is 0 Å². The fourth-order valence-corrected chi connectivity index (χ4v) is 3.17. The summed E-state index contributed by atoms with van der Waals surface area (Å²) in [5, 5.41) is 2.87. The molecule has 0 saturated heterocycles. The standard InChI is InChI=1S/C27H26N2O5/c1-2-16-31-23-10-12-24(13-11-23)34-27-20(7-6-15-28-27)18-29-26(30)25-21(14-17-32-25)19-33-22-8-4-3-5-9-22/h3-15,17H,2,16,18-19H2,1H3,(H,29,30). The van der Waals surface area contributed by atoms with Crippen LogP contribution in [0.5, 0.6) is 23.1 Å². The molecular formula is C27H26N2O5. The molecule has 0 aliphatic carbocycles. The zero-order valence-electron chi connectivity index (χ0n) is 18.9. The number of aromatic nitrogens is 1. The molecule has 0 spiro atoms. The average molecular weight is 459 g/mol. The van der Waals surface area contributed by atoms with E-state index in [1.807, 2.05) is 60.7 Å². The van der Waals surface area contributed by atoms with Crippen molar-refractivity contribution in [3.63, 3.8) is 0 Å². The van der Waals surface area contributed by atoms with Gasteiger partial charge in [0.15, 0.2) is 5.76 Å². The summed E-state index contributed by atoms with van der Waals surface area (Å²) in [4.78, 5) is 17.1. The molecule has 2 aromatic carbocycles. The van der Waals surface area contributed by atoms with Crippen LogP contribution in [0.3, 0.4) is 0 Å². The van der Waals surface area contributed by atoms with Gasteiger partial charge in [-0.05, 0) is 55.0 Å². The predicted octanol–water partition coefficient (Wildman–Crippen LogP) is 5.76. The molecule has 0 fully saturated rings. The van der Waals surface area contributed by atoms with Crippen molar-refractivity contribution >= 4 is 5.91 Å². The topological polar surface area (TPSA) is 82.8 Å². The molecular weight excluding hydrogens is 432 g/mol. The fraction of sp³-hybridized carbons (Fsp3) is 0.185. The Hall–Kier alpha value is -4.26. The minimum Gasteiger partial charge on any atom is -0.494 e. The summed E-state index contributed by atoms with van der Waals surface area (Å²) in [7, 11) is 0. The largest absolute Gasteiger partial charge is 0.494 e. The van der Waals surface area contributed by atoms with Gasteiger partial charge in [0.1, 0.15) is 23.9 Å². The van der Waals surface area contributed by atoms with Gasteiger partial charge in [-0.1, -0.05) is 31.2 Å². The molecule has 1 amide bonds. The quantitative estimate of drug-likeness (QED) is 0.307. The van der Waals surface area contributed by atoms with E-state index in [1.54, 1.807) is 18.3 Å². The molecule has 0 bridgehead atoms. The molecule has 0 radical (unpaired) electrons. The van der Waals surface area contributed by atoms with Crippen LogP contribution in [-0.4, -0.2) is 17.5 Å². The number of carbonyl (C=O) groups excluding carboxylic acids is 1. The number of furan rings is 1. The maximum Gasteiger partial charge on any atom is 0.287 e. The second-order valence-electron chi connectivity index (χ2n) is 7.45. The maximum atomic E-state index is 12.8. The molecule has 34 heavy (non-hydrogen) atoms. The van der Waals surface area contributed by atoms with Gasteiger partial charge in [0, 0.05) is 23.9 Å². The van der Waals surface area contributed by atoms with E-state index in [2.05, 4.69) is 17.2 Å². The zero-order valence-corrected chi connectivity index (χ0v) is 18.9. The van der Waals surface area contributed by atoms with Crippen molar-refractivity contribution < 1.29 is 23.4 Å². The molecule has 174 valence electrons. The van der Waals surface area contributed by atoms with Crippen molar-refractivity contribution in [1.29, 1.82) is 0 Å². The number of hydrogen-bond donors (Lipinski definition) is 1. The van der Waals surface area contributed by atoms with E-state index < -0.39 is 0 Å². The van der Waals surface area contributed by atoms with Crippen molar-refractivity contribution in [1.82, 2.24) is 10.3 Å². The highest BCUT2D eigenvalue weighted by Gasteiger charge is 2.17. The predicted molar refractivity (Wildman–Crippen MR) is 127 cm³/mol. The van der Waals surface area contributed by atoms with E-state index in [1.165, 1.54) is 6.26 Å². The number of nitrogens with one attached hydrogen (secondary N) is 1. The summed E-state index contributed by atoms with van der Waals surface area (Å²) in [6.07, 6.45) is 4.07. The zero-order chi connectivity index (χ0) is 23.6. The van der Waals surface area contributed by atoms with Gasteiger partial charge in [0.05, 0.1) is 12.9 Å².